The molecule has 2 nitrogen and oxygen atoms in total. The maximum absolute atomic E-state index is 2.39. The fourth-order valence-electron chi connectivity index (χ4n) is 5.25. The van der Waals surface area contributed by atoms with Crippen molar-refractivity contribution in [3.63, 3.8) is 0 Å². The third-order valence-corrected chi connectivity index (χ3v) is 7.11. The van der Waals surface area contributed by atoms with E-state index in [0.29, 0.717) is 0 Å². The molecule has 0 unspecified atom stereocenters. The van der Waals surface area contributed by atoms with Gasteiger partial charge in [0.15, 0.2) is 0 Å². The number of aryl methyl sites for hydroxylation is 2. The third kappa shape index (κ3) is 3.24. The van der Waals surface area contributed by atoms with E-state index < -0.39 is 0 Å². The van der Waals surface area contributed by atoms with Gasteiger partial charge in [-0.3, -0.25) is 0 Å². The Labute approximate surface area is 198 Å². The largest absolute Gasteiger partial charge is 0.378 e. The van der Waals surface area contributed by atoms with Crippen LogP contribution in [0.4, 0.5) is 11.4 Å². The zero-order valence-electron chi connectivity index (χ0n) is 20.5. The van der Waals surface area contributed by atoms with Gasteiger partial charge in [0.25, 0.3) is 0 Å². The van der Waals surface area contributed by atoms with E-state index in [2.05, 4.69) is 137 Å². The average molecular weight is 433 g/mol. The Morgan fingerprint density at radius 1 is 0.485 bits per heavy atom. The van der Waals surface area contributed by atoms with Crippen molar-refractivity contribution < 1.29 is 0 Å². The van der Waals surface area contributed by atoms with Crippen molar-refractivity contribution in [1.29, 1.82) is 0 Å². The highest BCUT2D eigenvalue weighted by molar-refractivity contribution is 5.89. The first-order valence-electron chi connectivity index (χ1n) is 11.6. The fourth-order valence-corrected chi connectivity index (χ4v) is 5.25. The molecule has 0 aliphatic heterocycles. The summed E-state index contributed by atoms with van der Waals surface area (Å²) < 4.78 is 0. The van der Waals surface area contributed by atoms with Gasteiger partial charge in [-0.1, -0.05) is 71.8 Å². The first-order chi connectivity index (χ1) is 15.8. The molecule has 1 aliphatic carbocycles. The van der Waals surface area contributed by atoms with Gasteiger partial charge in [0.1, 0.15) is 0 Å². The zero-order valence-corrected chi connectivity index (χ0v) is 20.5. The van der Waals surface area contributed by atoms with E-state index in [9.17, 15) is 0 Å². The number of nitrogens with zero attached hydrogens (tertiary/aromatic N) is 2. The molecule has 0 spiro atoms. The van der Waals surface area contributed by atoms with Crippen LogP contribution in [-0.2, 0) is 5.41 Å². The van der Waals surface area contributed by atoms with E-state index in [1.165, 1.54) is 55.9 Å². The highest BCUT2D eigenvalue weighted by Gasteiger charge is 2.46. The van der Waals surface area contributed by atoms with Crippen LogP contribution in [0.3, 0.4) is 0 Å². The van der Waals surface area contributed by atoms with Crippen LogP contribution in [0.2, 0.25) is 0 Å². The van der Waals surface area contributed by atoms with Crippen LogP contribution >= 0.6 is 0 Å². The van der Waals surface area contributed by atoms with Crippen molar-refractivity contribution in [2.75, 3.05) is 38.0 Å². The van der Waals surface area contributed by atoms with Gasteiger partial charge in [-0.25, -0.2) is 0 Å². The molecule has 4 aromatic rings. The van der Waals surface area contributed by atoms with Crippen LogP contribution in [0.5, 0.6) is 0 Å². The topological polar surface area (TPSA) is 6.48 Å². The van der Waals surface area contributed by atoms with Crippen LogP contribution in [0.15, 0.2) is 84.9 Å². The summed E-state index contributed by atoms with van der Waals surface area (Å²) in [7, 11) is 8.47. The van der Waals surface area contributed by atoms with Crippen molar-refractivity contribution in [3.05, 3.63) is 118 Å². The number of anilines is 2. The molecule has 1 aliphatic rings. The molecule has 0 atom stereocenters. The molecule has 0 aromatic heterocycles. The second kappa shape index (κ2) is 7.81. The van der Waals surface area contributed by atoms with Crippen LogP contribution in [0.25, 0.3) is 11.1 Å². The number of benzene rings is 4. The Kier molecular flexibility index (Phi) is 5.05. The van der Waals surface area contributed by atoms with Gasteiger partial charge in [-0.05, 0) is 71.5 Å². The monoisotopic (exact) mass is 432 g/mol. The number of hydrogen-bond acceptors (Lipinski definition) is 2. The van der Waals surface area contributed by atoms with E-state index in [1.807, 2.05) is 0 Å². The first kappa shape index (κ1) is 21.3. The zero-order chi connectivity index (χ0) is 23.3. The number of hydrogen-bond donors (Lipinski definition) is 0. The summed E-state index contributed by atoms with van der Waals surface area (Å²) in [6, 6.07) is 32.1. The normalized spacial score (nSPS) is 13.4. The molecule has 4 aromatic carbocycles. The Bertz CT molecular complexity index is 1210. The Morgan fingerprint density at radius 3 is 1.18 bits per heavy atom. The molecule has 0 saturated carbocycles. The molecule has 166 valence electrons. The smallest absolute Gasteiger partial charge is 0.0715 e. The maximum Gasteiger partial charge on any atom is 0.0715 e. The van der Waals surface area contributed by atoms with Crippen molar-refractivity contribution in [3.8, 4) is 11.1 Å². The van der Waals surface area contributed by atoms with E-state index in [0.717, 1.165) is 0 Å². The molecule has 33 heavy (non-hydrogen) atoms. The van der Waals surface area contributed by atoms with E-state index in [1.54, 1.807) is 0 Å². The standard InChI is InChI=1S/C31H32N2/c1-21-7-11-23(12-8-21)31(24-13-9-22(2)10-14-24)29-19-25(32(3)4)15-17-27(29)28-18-16-26(33(5)6)20-30(28)31/h7-20H,1-6H3. The lowest BCUT2D eigenvalue weighted by molar-refractivity contribution is 0.766. The molecule has 2 heteroatoms. The van der Waals surface area contributed by atoms with Crippen LogP contribution in [0.1, 0.15) is 33.4 Å². The van der Waals surface area contributed by atoms with Gasteiger partial charge in [-0.15, -0.1) is 0 Å². The molecule has 5 rings (SSSR count). The van der Waals surface area contributed by atoms with Crippen molar-refractivity contribution >= 4 is 11.4 Å². The van der Waals surface area contributed by atoms with Crippen LogP contribution in [-0.4, -0.2) is 28.2 Å². The lowest BCUT2D eigenvalue weighted by atomic mass is 9.67. The molecular weight excluding hydrogens is 400 g/mol. The van der Waals surface area contributed by atoms with Gasteiger partial charge >= 0.3 is 0 Å². The Hall–Kier alpha value is -3.52. The van der Waals surface area contributed by atoms with Gasteiger partial charge in [0.05, 0.1) is 5.41 Å². The van der Waals surface area contributed by atoms with E-state index in [-0.39, 0.29) is 5.41 Å². The fraction of sp³-hybridized carbons (Fsp3) is 0.226. The molecule has 0 fully saturated rings. The molecule has 0 heterocycles. The van der Waals surface area contributed by atoms with Gasteiger partial charge in [-0.2, -0.15) is 0 Å². The van der Waals surface area contributed by atoms with E-state index in [4.69, 9.17) is 0 Å². The van der Waals surface area contributed by atoms with E-state index >= 15 is 0 Å². The quantitative estimate of drug-likeness (QED) is 0.308. The molecule has 0 saturated heterocycles. The summed E-state index contributed by atoms with van der Waals surface area (Å²) in [5, 5.41) is 0. The summed E-state index contributed by atoms with van der Waals surface area (Å²) in [4.78, 5) is 4.40. The molecule has 0 radical (unpaired) electrons. The highest BCUT2D eigenvalue weighted by Crippen LogP contribution is 2.57. The Balaban J connectivity index is 1.95. The van der Waals surface area contributed by atoms with Crippen LogP contribution in [0, 0.1) is 13.8 Å². The predicted molar refractivity (Wildman–Crippen MR) is 142 cm³/mol. The maximum atomic E-state index is 2.39. The summed E-state index contributed by atoms with van der Waals surface area (Å²) in [5.41, 5.74) is 12.6. The van der Waals surface area contributed by atoms with Crippen molar-refractivity contribution in [1.82, 2.24) is 0 Å². The molecule has 0 amide bonds. The number of rotatable bonds is 4. The predicted octanol–water partition coefficient (Wildman–Crippen LogP) is 6.80. The summed E-state index contributed by atoms with van der Waals surface area (Å²) in [5.74, 6) is 0. The second-order valence-electron chi connectivity index (χ2n) is 9.73. The first-order valence-corrected chi connectivity index (χ1v) is 11.6. The lowest BCUT2D eigenvalue weighted by Crippen LogP contribution is -2.29. The highest BCUT2D eigenvalue weighted by atomic mass is 15.1. The second-order valence-corrected chi connectivity index (χ2v) is 9.73. The lowest BCUT2D eigenvalue weighted by Gasteiger charge is -2.35. The minimum absolute atomic E-state index is 0.371. The SMILES string of the molecule is Cc1ccc(C2(c3ccc(C)cc3)c3cc(N(C)C)ccc3-c3ccc(N(C)C)cc32)cc1. The van der Waals surface area contributed by atoms with Gasteiger partial charge in [0.2, 0.25) is 0 Å². The molecule has 0 N–H and O–H groups in total. The summed E-state index contributed by atoms with van der Waals surface area (Å²) >= 11 is 0. The average Bonchev–Trinajstić information content (AvgIpc) is 3.10. The van der Waals surface area contributed by atoms with Crippen LogP contribution < -0.4 is 9.80 Å². The minimum atomic E-state index is -0.371. The Morgan fingerprint density at radius 2 is 0.848 bits per heavy atom. The summed E-state index contributed by atoms with van der Waals surface area (Å²) in [6.07, 6.45) is 0. The van der Waals surface area contributed by atoms with Crippen molar-refractivity contribution in [2.24, 2.45) is 0 Å². The third-order valence-electron chi connectivity index (χ3n) is 7.11. The van der Waals surface area contributed by atoms with Gasteiger partial charge in [0, 0.05) is 39.6 Å². The number of fused-ring (bicyclic) bond motifs is 3. The van der Waals surface area contributed by atoms with Gasteiger partial charge < -0.3 is 9.80 Å². The molecule has 0 bridgehead atoms. The minimum Gasteiger partial charge on any atom is -0.378 e. The summed E-state index contributed by atoms with van der Waals surface area (Å²) in [6.45, 7) is 4.32. The van der Waals surface area contributed by atoms with Crippen molar-refractivity contribution in [2.45, 2.75) is 19.3 Å². The molecular formula is C31H32N2.